The SMILES string of the molecule is CC1(C)C/C(=N\N)c2cc(NC(=O)c3ccccc3)c(=O)n(CC(=O)NN)c2C1. The first-order valence-electron chi connectivity index (χ1n) is 9.15. The molecular weight excluding hydrogens is 372 g/mol. The first kappa shape index (κ1) is 20.3. The van der Waals surface area contributed by atoms with Crippen LogP contribution in [0.4, 0.5) is 5.69 Å². The molecule has 0 saturated heterocycles. The highest BCUT2D eigenvalue weighted by atomic mass is 16.2. The second-order valence-electron chi connectivity index (χ2n) is 7.79. The van der Waals surface area contributed by atoms with Crippen LogP contribution in [0.2, 0.25) is 0 Å². The van der Waals surface area contributed by atoms with Gasteiger partial charge in [-0.3, -0.25) is 19.8 Å². The quantitative estimate of drug-likeness (QED) is 0.342. The summed E-state index contributed by atoms with van der Waals surface area (Å²) in [4.78, 5) is 37.6. The van der Waals surface area contributed by atoms with Crippen LogP contribution in [0, 0.1) is 5.41 Å². The minimum absolute atomic E-state index is 0.0447. The van der Waals surface area contributed by atoms with E-state index in [2.05, 4.69) is 10.4 Å². The number of aromatic nitrogens is 1. The van der Waals surface area contributed by atoms with Crippen molar-refractivity contribution >= 4 is 23.2 Å². The van der Waals surface area contributed by atoms with E-state index in [9.17, 15) is 14.4 Å². The Kier molecular flexibility index (Phi) is 5.51. The number of pyridine rings is 1. The standard InChI is InChI=1S/C20H24N6O3/c1-20(2)9-15(24-21)13-8-14(23-18(28)12-6-4-3-5-7-12)19(29)26(16(13)10-20)11-17(27)25-22/h3-8H,9-11,21-22H2,1-2H3,(H,23,28)(H,25,27)/b24-15+. The molecule has 0 bridgehead atoms. The van der Waals surface area contributed by atoms with Crippen LogP contribution in [0.25, 0.3) is 0 Å². The van der Waals surface area contributed by atoms with E-state index in [1.165, 1.54) is 4.57 Å². The number of anilines is 1. The first-order chi connectivity index (χ1) is 13.8. The molecule has 3 rings (SSSR count). The zero-order chi connectivity index (χ0) is 21.2. The summed E-state index contributed by atoms with van der Waals surface area (Å²) in [6.07, 6.45) is 1.14. The summed E-state index contributed by atoms with van der Waals surface area (Å²) in [7, 11) is 0. The van der Waals surface area contributed by atoms with E-state index in [1.54, 1.807) is 36.4 Å². The number of nitrogens with zero attached hydrogens (tertiary/aromatic N) is 2. The van der Waals surface area contributed by atoms with Crippen molar-refractivity contribution < 1.29 is 9.59 Å². The van der Waals surface area contributed by atoms with E-state index < -0.39 is 17.4 Å². The van der Waals surface area contributed by atoms with Gasteiger partial charge in [-0.2, -0.15) is 5.10 Å². The summed E-state index contributed by atoms with van der Waals surface area (Å²) >= 11 is 0. The largest absolute Gasteiger partial charge is 0.323 e. The summed E-state index contributed by atoms with van der Waals surface area (Å²) in [6, 6.07) is 10.1. The molecule has 0 fully saturated rings. The van der Waals surface area contributed by atoms with Crippen molar-refractivity contribution in [3.8, 4) is 0 Å². The van der Waals surface area contributed by atoms with Crippen molar-refractivity contribution in [2.75, 3.05) is 5.32 Å². The molecule has 1 aliphatic rings. The van der Waals surface area contributed by atoms with E-state index in [-0.39, 0.29) is 17.6 Å². The number of hydrogen-bond donors (Lipinski definition) is 4. The molecule has 0 spiro atoms. The molecule has 0 unspecified atom stereocenters. The lowest BCUT2D eigenvalue weighted by Gasteiger charge is -2.33. The third-order valence-corrected chi connectivity index (χ3v) is 4.91. The molecule has 1 aromatic carbocycles. The smallest absolute Gasteiger partial charge is 0.275 e. The number of carbonyl (C=O) groups is 2. The fourth-order valence-corrected chi connectivity index (χ4v) is 3.55. The van der Waals surface area contributed by atoms with Gasteiger partial charge in [-0.05, 0) is 36.5 Å². The van der Waals surface area contributed by atoms with E-state index in [0.717, 1.165) is 0 Å². The van der Waals surface area contributed by atoms with Crippen molar-refractivity contribution in [3.63, 3.8) is 0 Å². The molecule has 2 aromatic rings. The number of benzene rings is 1. The number of carbonyl (C=O) groups excluding carboxylic acids is 2. The Balaban J connectivity index is 2.14. The number of nitrogens with two attached hydrogens (primary N) is 2. The van der Waals surface area contributed by atoms with Gasteiger partial charge in [0.2, 0.25) is 0 Å². The Labute approximate surface area is 167 Å². The Morgan fingerprint density at radius 1 is 1.21 bits per heavy atom. The number of hydrazine groups is 1. The highest BCUT2D eigenvalue weighted by molar-refractivity contribution is 6.06. The molecule has 0 aliphatic heterocycles. The maximum absolute atomic E-state index is 13.1. The number of hydrazone groups is 1. The van der Waals surface area contributed by atoms with Gasteiger partial charge in [0.25, 0.3) is 17.4 Å². The summed E-state index contributed by atoms with van der Waals surface area (Å²) in [5.74, 6) is 9.87. The molecule has 0 saturated carbocycles. The molecule has 1 aliphatic carbocycles. The predicted octanol–water partition coefficient (Wildman–Crippen LogP) is 0.726. The first-order valence-corrected chi connectivity index (χ1v) is 9.15. The van der Waals surface area contributed by atoms with E-state index in [0.29, 0.717) is 35.4 Å². The topological polar surface area (TPSA) is 145 Å². The molecule has 29 heavy (non-hydrogen) atoms. The maximum atomic E-state index is 13.1. The zero-order valence-electron chi connectivity index (χ0n) is 16.4. The summed E-state index contributed by atoms with van der Waals surface area (Å²) in [5.41, 5.74) is 3.67. The number of amides is 2. The molecule has 6 N–H and O–H groups in total. The Bertz CT molecular complexity index is 1040. The molecule has 152 valence electrons. The van der Waals surface area contributed by atoms with Gasteiger partial charge in [0.05, 0.1) is 5.71 Å². The second kappa shape index (κ2) is 7.88. The van der Waals surface area contributed by atoms with E-state index in [1.807, 2.05) is 19.3 Å². The normalized spacial score (nSPS) is 16.2. The van der Waals surface area contributed by atoms with Crippen molar-refractivity contribution in [3.05, 3.63) is 63.6 Å². The van der Waals surface area contributed by atoms with Crippen molar-refractivity contribution in [1.29, 1.82) is 0 Å². The number of rotatable bonds is 4. The second-order valence-corrected chi connectivity index (χ2v) is 7.79. The summed E-state index contributed by atoms with van der Waals surface area (Å²) in [5, 5.41) is 6.54. The lowest BCUT2D eigenvalue weighted by atomic mass is 9.75. The molecule has 9 nitrogen and oxygen atoms in total. The van der Waals surface area contributed by atoms with Gasteiger partial charge >= 0.3 is 0 Å². The van der Waals surface area contributed by atoms with Gasteiger partial charge in [0.15, 0.2) is 0 Å². The molecule has 0 radical (unpaired) electrons. The average molecular weight is 396 g/mol. The van der Waals surface area contributed by atoms with Crippen LogP contribution in [0.3, 0.4) is 0 Å². The summed E-state index contributed by atoms with van der Waals surface area (Å²) < 4.78 is 1.32. The van der Waals surface area contributed by atoms with Crippen LogP contribution in [-0.2, 0) is 17.8 Å². The number of hydrogen-bond acceptors (Lipinski definition) is 6. The van der Waals surface area contributed by atoms with Gasteiger partial charge < -0.3 is 15.7 Å². The average Bonchev–Trinajstić information content (AvgIpc) is 2.70. The maximum Gasteiger partial charge on any atom is 0.275 e. The van der Waals surface area contributed by atoms with E-state index in [4.69, 9.17) is 11.7 Å². The van der Waals surface area contributed by atoms with Crippen molar-refractivity contribution in [2.45, 2.75) is 33.2 Å². The minimum Gasteiger partial charge on any atom is -0.323 e. The molecule has 0 atom stereocenters. The van der Waals surface area contributed by atoms with Crippen LogP contribution in [0.1, 0.15) is 41.9 Å². The molecule has 9 heteroatoms. The highest BCUT2D eigenvalue weighted by Crippen LogP contribution is 2.35. The lowest BCUT2D eigenvalue weighted by Crippen LogP contribution is -2.41. The minimum atomic E-state index is -0.532. The fraction of sp³-hybridized carbons (Fsp3) is 0.300. The monoisotopic (exact) mass is 396 g/mol. The van der Waals surface area contributed by atoms with Gasteiger partial charge in [-0.25, -0.2) is 5.84 Å². The van der Waals surface area contributed by atoms with Crippen LogP contribution in [0.15, 0.2) is 46.3 Å². The van der Waals surface area contributed by atoms with Crippen LogP contribution in [-0.4, -0.2) is 22.1 Å². The number of fused-ring (bicyclic) bond motifs is 1. The van der Waals surface area contributed by atoms with Crippen LogP contribution in [0.5, 0.6) is 0 Å². The van der Waals surface area contributed by atoms with Gasteiger partial charge in [-0.15, -0.1) is 0 Å². The van der Waals surface area contributed by atoms with Gasteiger partial charge in [0, 0.05) is 16.8 Å². The highest BCUT2D eigenvalue weighted by Gasteiger charge is 2.33. The third-order valence-electron chi connectivity index (χ3n) is 4.91. The van der Waals surface area contributed by atoms with Gasteiger partial charge in [-0.1, -0.05) is 32.0 Å². The van der Waals surface area contributed by atoms with Crippen LogP contribution < -0.4 is 28.0 Å². The molecule has 1 aromatic heterocycles. The molecule has 2 amide bonds. The number of nitrogens with one attached hydrogen (secondary N) is 2. The Morgan fingerprint density at radius 2 is 1.90 bits per heavy atom. The predicted molar refractivity (Wildman–Crippen MR) is 110 cm³/mol. The Morgan fingerprint density at radius 3 is 2.52 bits per heavy atom. The molecular formula is C20H24N6O3. The van der Waals surface area contributed by atoms with Crippen molar-refractivity contribution in [2.24, 2.45) is 22.2 Å². The lowest BCUT2D eigenvalue weighted by molar-refractivity contribution is -0.121. The van der Waals surface area contributed by atoms with E-state index >= 15 is 0 Å². The molecule has 1 heterocycles. The Hall–Kier alpha value is -3.46. The van der Waals surface area contributed by atoms with Gasteiger partial charge in [0.1, 0.15) is 12.2 Å². The van der Waals surface area contributed by atoms with Crippen molar-refractivity contribution in [1.82, 2.24) is 9.99 Å². The zero-order valence-corrected chi connectivity index (χ0v) is 16.4. The summed E-state index contributed by atoms with van der Waals surface area (Å²) in [6.45, 7) is 3.79. The van der Waals surface area contributed by atoms with Crippen LogP contribution >= 0.6 is 0 Å². The third kappa shape index (κ3) is 4.19. The fourth-order valence-electron chi connectivity index (χ4n) is 3.55.